The molecule has 1 radical (unpaired) electrons. The van der Waals surface area contributed by atoms with Gasteiger partial charge in [-0.25, -0.2) is 0 Å². The zero-order valence-corrected chi connectivity index (χ0v) is 7.39. The molecule has 0 aliphatic carbocycles. The van der Waals surface area contributed by atoms with Crippen molar-refractivity contribution in [3.8, 4) is 0 Å². The first-order valence-electron chi connectivity index (χ1n) is 2.22. The minimum atomic E-state index is -1.58. The number of rotatable bonds is 3. The third-order valence-corrected chi connectivity index (χ3v) is 0.629. The number of aliphatic hydroxyl groups excluding tert-OH is 2. The summed E-state index contributed by atoms with van der Waals surface area (Å²) in [6.07, 6.45) is -2.96. The van der Waals surface area contributed by atoms with E-state index in [1.807, 2.05) is 0 Å². The molecular weight excluding hydrogens is 190 g/mol. The Kier molecular flexibility index (Phi) is 19.5. The number of aliphatic hydroxyl groups is 2. The van der Waals surface area contributed by atoms with Crippen LogP contribution in [0.1, 0.15) is 0 Å². The Morgan fingerprint density at radius 2 is 1.18 bits per heavy atom. The molecule has 0 aromatic heterocycles. The third kappa shape index (κ3) is 9.88. The van der Waals surface area contributed by atoms with E-state index in [9.17, 15) is 9.59 Å². The third-order valence-electron chi connectivity index (χ3n) is 0.629. The molecule has 7 heteroatoms. The van der Waals surface area contributed by atoms with Crippen LogP contribution in [0.2, 0.25) is 0 Å². The van der Waals surface area contributed by atoms with Crippen LogP contribution >= 0.6 is 12.4 Å². The van der Waals surface area contributed by atoms with E-state index in [1.165, 1.54) is 16.2 Å². The number of hydrogen-bond donors (Lipinski definition) is 2. The molecule has 2 atom stereocenters. The molecule has 0 amide bonds. The summed E-state index contributed by atoms with van der Waals surface area (Å²) in [6, 6.07) is 0. The Morgan fingerprint density at radius 3 is 1.27 bits per heavy atom. The van der Waals surface area contributed by atoms with Crippen molar-refractivity contribution in [3.63, 3.8) is 0 Å². The Labute approximate surface area is 77.4 Å². The summed E-state index contributed by atoms with van der Waals surface area (Å²) in [7, 11) is 0. The number of aldehydes is 2. The first-order chi connectivity index (χ1) is 4.72. The van der Waals surface area contributed by atoms with Crippen LogP contribution in [0.5, 0.6) is 0 Å². The molecule has 11 heavy (non-hydrogen) atoms. The van der Waals surface area contributed by atoms with Gasteiger partial charge in [-0.15, -0.1) is 12.4 Å². The monoisotopic (exact) mass is 197 g/mol. The van der Waals surface area contributed by atoms with Crippen molar-refractivity contribution in [2.24, 2.45) is 0 Å². The van der Waals surface area contributed by atoms with Crippen molar-refractivity contribution in [1.82, 2.24) is 0 Å². The fraction of sp³-hybridized carbons (Fsp3) is 0.500. The van der Waals surface area contributed by atoms with Crippen LogP contribution in [0.3, 0.4) is 0 Å². The molecule has 0 saturated carbocycles. The quantitative estimate of drug-likeness (QED) is 0.404. The zero-order valence-electron chi connectivity index (χ0n) is 5.41. The minimum absolute atomic E-state index is 0. The summed E-state index contributed by atoms with van der Waals surface area (Å²) >= 11 is 1.17. The Bertz CT molecular complexity index is 98.7. The Hall–Kier alpha value is -0.118. The van der Waals surface area contributed by atoms with Crippen LogP contribution in [-0.2, 0) is 13.4 Å². The van der Waals surface area contributed by atoms with Gasteiger partial charge in [0.25, 0.3) is 0 Å². The van der Waals surface area contributed by atoms with Crippen LogP contribution in [-0.4, -0.2) is 51.2 Å². The van der Waals surface area contributed by atoms with E-state index in [2.05, 4.69) is 0 Å². The fourth-order valence-electron chi connectivity index (χ4n) is 0.161. The molecule has 0 aliphatic rings. The molecule has 0 saturated heterocycles. The van der Waals surface area contributed by atoms with Gasteiger partial charge >= 0.3 is 20.0 Å². The summed E-state index contributed by atoms with van der Waals surface area (Å²) in [5.74, 6) is 0. The van der Waals surface area contributed by atoms with Crippen LogP contribution in [0.25, 0.3) is 0 Å². The molecule has 2 N–H and O–H groups in total. The predicted octanol–water partition coefficient (Wildman–Crippen LogP) is -1.97. The molecule has 0 aromatic carbocycles. The van der Waals surface area contributed by atoms with Crippen molar-refractivity contribution < 1.29 is 23.6 Å². The maximum absolute atomic E-state index is 9.54. The fourth-order valence-corrected chi connectivity index (χ4v) is 0.161. The number of hydrogen-bond acceptors (Lipinski definition) is 5. The van der Waals surface area contributed by atoms with Gasteiger partial charge in [-0.05, 0) is 0 Å². The van der Waals surface area contributed by atoms with E-state index in [-0.39, 0.29) is 25.0 Å². The molecule has 2 unspecified atom stereocenters. The molecule has 0 fully saturated rings. The van der Waals surface area contributed by atoms with Gasteiger partial charge in [0, 0.05) is 0 Å². The van der Waals surface area contributed by atoms with Gasteiger partial charge in [0.1, 0.15) is 12.2 Å². The summed E-state index contributed by atoms with van der Waals surface area (Å²) in [5.41, 5.74) is 0. The van der Waals surface area contributed by atoms with E-state index in [0.29, 0.717) is 0 Å². The van der Waals surface area contributed by atoms with E-state index in [0.717, 1.165) is 0 Å². The topological polar surface area (TPSA) is 91.7 Å². The molecular formula is C4H7AlClO5. The number of carbonyl (C=O) groups excluding carboxylic acids is 2. The molecule has 0 aromatic rings. The maximum atomic E-state index is 9.54. The standard InChI is InChI=1S/C4H6O4.Al.ClH.O/c5-1-3(7)4(8)2-6;;;/h1-4,7-8H;;1H;. The predicted molar refractivity (Wildman–Crippen MR) is 37.8 cm³/mol. The Morgan fingerprint density at radius 1 is 1.00 bits per heavy atom. The number of halogens is 1. The van der Waals surface area contributed by atoms with Crippen molar-refractivity contribution >= 4 is 41.2 Å². The second kappa shape index (κ2) is 12.5. The van der Waals surface area contributed by atoms with Gasteiger partial charge in [0.2, 0.25) is 0 Å². The normalized spacial score (nSPS) is 12.5. The first-order valence-corrected chi connectivity index (χ1v) is 2.69. The summed E-state index contributed by atoms with van der Waals surface area (Å²) in [6.45, 7) is 0. The van der Waals surface area contributed by atoms with Crippen molar-refractivity contribution in [2.45, 2.75) is 12.2 Å². The summed E-state index contributed by atoms with van der Waals surface area (Å²) < 4.78 is 8.17. The SMILES string of the molecule is Cl.O=CC(O)C(O)C=O.[O]=[Al]. The van der Waals surface area contributed by atoms with Crippen molar-refractivity contribution in [2.75, 3.05) is 0 Å². The van der Waals surface area contributed by atoms with Gasteiger partial charge in [-0.3, -0.25) is 0 Å². The van der Waals surface area contributed by atoms with Gasteiger partial charge in [-0.2, -0.15) is 0 Å². The first kappa shape index (κ1) is 17.1. The van der Waals surface area contributed by atoms with E-state index in [4.69, 9.17) is 14.0 Å². The van der Waals surface area contributed by atoms with Gasteiger partial charge in [-0.1, -0.05) is 0 Å². The zero-order chi connectivity index (χ0) is 8.57. The van der Waals surface area contributed by atoms with Gasteiger partial charge in [0.05, 0.1) is 0 Å². The average molecular weight is 198 g/mol. The molecule has 5 nitrogen and oxygen atoms in total. The van der Waals surface area contributed by atoms with Crippen LogP contribution in [0.4, 0.5) is 0 Å². The van der Waals surface area contributed by atoms with Gasteiger partial charge < -0.3 is 19.8 Å². The molecule has 0 rings (SSSR count). The number of carbonyl (C=O) groups is 2. The average Bonchev–Trinajstić information content (AvgIpc) is 2.05. The molecule has 0 heterocycles. The molecule has 0 aliphatic heterocycles. The van der Waals surface area contributed by atoms with Gasteiger partial charge in [0.15, 0.2) is 12.6 Å². The van der Waals surface area contributed by atoms with Crippen LogP contribution in [0, 0.1) is 0 Å². The summed E-state index contributed by atoms with van der Waals surface area (Å²) in [5, 5.41) is 16.6. The molecule has 63 valence electrons. The Balaban J connectivity index is -0.000000196. The van der Waals surface area contributed by atoms with E-state index in [1.54, 1.807) is 0 Å². The second-order valence-corrected chi connectivity index (χ2v) is 1.25. The van der Waals surface area contributed by atoms with Crippen molar-refractivity contribution in [1.29, 1.82) is 0 Å². The van der Waals surface area contributed by atoms with E-state index < -0.39 is 12.2 Å². The molecule has 0 spiro atoms. The summed E-state index contributed by atoms with van der Waals surface area (Å²) in [4.78, 5) is 19.1. The van der Waals surface area contributed by atoms with Crippen LogP contribution in [0.15, 0.2) is 0 Å². The second-order valence-electron chi connectivity index (χ2n) is 1.25. The van der Waals surface area contributed by atoms with Crippen molar-refractivity contribution in [3.05, 3.63) is 0 Å². The molecule has 0 bridgehead atoms. The van der Waals surface area contributed by atoms with E-state index >= 15 is 0 Å². The van der Waals surface area contributed by atoms with Crippen LogP contribution < -0.4 is 0 Å².